The summed E-state index contributed by atoms with van der Waals surface area (Å²) < 4.78 is 0. The number of rotatable bonds is 1. The van der Waals surface area contributed by atoms with Gasteiger partial charge in [0.05, 0.1) is 5.56 Å². The van der Waals surface area contributed by atoms with Gasteiger partial charge in [-0.25, -0.2) is 0 Å². The third-order valence-corrected chi connectivity index (χ3v) is 4.34. The van der Waals surface area contributed by atoms with Gasteiger partial charge in [-0.1, -0.05) is 12.1 Å². The van der Waals surface area contributed by atoms with Gasteiger partial charge in [0.15, 0.2) is 0 Å². The number of anilines is 1. The van der Waals surface area contributed by atoms with Crippen molar-refractivity contribution in [2.45, 2.75) is 19.9 Å². The lowest BCUT2D eigenvalue weighted by Gasteiger charge is -2.33. The molecule has 92 valence electrons. The topological polar surface area (TPSA) is 46.3 Å². The average molecular weight is 250 g/mol. The third kappa shape index (κ3) is 2.41. The summed E-state index contributed by atoms with van der Waals surface area (Å²) in [4.78, 5) is 14.4. The zero-order valence-corrected chi connectivity index (χ0v) is 11.1. The van der Waals surface area contributed by atoms with Crippen molar-refractivity contribution in [2.75, 3.05) is 23.8 Å². The first kappa shape index (κ1) is 12.3. The zero-order chi connectivity index (χ0) is 12.4. The van der Waals surface area contributed by atoms with E-state index in [1.807, 2.05) is 35.7 Å². The van der Waals surface area contributed by atoms with Crippen LogP contribution < -0.4 is 5.73 Å². The van der Waals surface area contributed by atoms with Crippen molar-refractivity contribution < 1.29 is 4.79 Å². The molecule has 0 aromatic heterocycles. The van der Waals surface area contributed by atoms with Crippen molar-refractivity contribution in [1.82, 2.24) is 4.90 Å². The molecule has 1 atom stereocenters. The summed E-state index contributed by atoms with van der Waals surface area (Å²) in [5.41, 5.74) is 8.14. The average Bonchev–Trinajstić information content (AvgIpc) is 2.29. The van der Waals surface area contributed by atoms with E-state index in [4.69, 9.17) is 5.73 Å². The van der Waals surface area contributed by atoms with Crippen LogP contribution in [0, 0.1) is 6.92 Å². The largest absolute Gasteiger partial charge is 0.398 e. The van der Waals surface area contributed by atoms with Gasteiger partial charge in [-0.15, -0.1) is 0 Å². The molecule has 1 unspecified atom stereocenters. The number of benzene rings is 1. The molecule has 4 heteroatoms. The van der Waals surface area contributed by atoms with Crippen LogP contribution in [0.2, 0.25) is 0 Å². The number of nitrogens with zero attached hydrogens (tertiary/aromatic N) is 1. The Balaban J connectivity index is 2.30. The van der Waals surface area contributed by atoms with E-state index in [1.165, 1.54) is 0 Å². The van der Waals surface area contributed by atoms with E-state index in [-0.39, 0.29) is 5.91 Å². The maximum absolute atomic E-state index is 12.5. The van der Waals surface area contributed by atoms with Crippen LogP contribution in [0.15, 0.2) is 18.2 Å². The van der Waals surface area contributed by atoms with Crippen LogP contribution in [0.25, 0.3) is 0 Å². The van der Waals surface area contributed by atoms with E-state index in [2.05, 4.69) is 6.92 Å². The van der Waals surface area contributed by atoms with Gasteiger partial charge in [-0.3, -0.25) is 4.79 Å². The lowest BCUT2D eigenvalue weighted by atomic mass is 10.0. The first-order valence-corrected chi connectivity index (χ1v) is 7.00. The lowest BCUT2D eigenvalue weighted by molar-refractivity contribution is 0.0716. The molecule has 1 aliphatic heterocycles. The van der Waals surface area contributed by atoms with Gasteiger partial charge in [0, 0.05) is 29.8 Å². The molecular formula is C13H18N2OS. The Morgan fingerprint density at radius 3 is 2.94 bits per heavy atom. The van der Waals surface area contributed by atoms with Crippen LogP contribution in [0.5, 0.6) is 0 Å². The summed E-state index contributed by atoms with van der Waals surface area (Å²) in [7, 11) is 0. The molecule has 2 N–H and O–H groups in total. The fourth-order valence-corrected chi connectivity index (χ4v) is 3.17. The Kier molecular flexibility index (Phi) is 3.62. The predicted octanol–water partition coefficient (Wildman–Crippen LogP) is 2.15. The molecule has 1 heterocycles. The SMILES string of the molecule is Cc1cccc(N)c1C(=O)N1CCSCC1C. The number of thioether (sulfide) groups is 1. The van der Waals surface area contributed by atoms with Crippen molar-refractivity contribution in [3.8, 4) is 0 Å². The smallest absolute Gasteiger partial charge is 0.256 e. The maximum Gasteiger partial charge on any atom is 0.256 e. The molecular weight excluding hydrogens is 232 g/mol. The van der Waals surface area contributed by atoms with Crippen LogP contribution in [0.3, 0.4) is 0 Å². The van der Waals surface area contributed by atoms with E-state index in [0.717, 1.165) is 23.6 Å². The molecule has 1 saturated heterocycles. The molecule has 1 aliphatic rings. The van der Waals surface area contributed by atoms with Gasteiger partial charge in [0.2, 0.25) is 0 Å². The molecule has 0 spiro atoms. The van der Waals surface area contributed by atoms with Gasteiger partial charge >= 0.3 is 0 Å². The minimum absolute atomic E-state index is 0.0772. The van der Waals surface area contributed by atoms with Gasteiger partial charge in [-0.05, 0) is 25.5 Å². The maximum atomic E-state index is 12.5. The summed E-state index contributed by atoms with van der Waals surface area (Å²) in [5.74, 6) is 2.10. The van der Waals surface area contributed by atoms with Crippen molar-refractivity contribution in [1.29, 1.82) is 0 Å². The van der Waals surface area contributed by atoms with E-state index in [9.17, 15) is 4.79 Å². The van der Waals surface area contributed by atoms with E-state index in [0.29, 0.717) is 17.3 Å². The lowest BCUT2D eigenvalue weighted by Crippen LogP contribution is -2.44. The zero-order valence-electron chi connectivity index (χ0n) is 10.3. The molecule has 1 aromatic carbocycles. The second-order valence-corrected chi connectivity index (χ2v) is 5.61. The number of nitrogens with two attached hydrogens (primary N) is 1. The minimum Gasteiger partial charge on any atom is -0.398 e. The summed E-state index contributed by atoms with van der Waals surface area (Å²) in [6.45, 7) is 4.85. The van der Waals surface area contributed by atoms with Crippen molar-refractivity contribution in [3.63, 3.8) is 0 Å². The highest BCUT2D eigenvalue weighted by molar-refractivity contribution is 7.99. The van der Waals surface area contributed by atoms with Crippen molar-refractivity contribution in [2.24, 2.45) is 0 Å². The summed E-state index contributed by atoms with van der Waals surface area (Å²) in [5, 5.41) is 0. The van der Waals surface area contributed by atoms with Crippen molar-refractivity contribution >= 4 is 23.4 Å². The highest BCUT2D eigenvalue weighted by Crippen LogP contribution is 2.23. The standard InChI is InChI=1S/C13H18N2OS/c1-9-4-3-5-11(14)12(9)13(16)15-6-7-17-8-10(15)2/h3-5,10H,6-8,14H2,1-2H3. The monoisotopic (exact) mass is 250 g/mol. The second-order valence-electron chi connectivity index (χ2n) is 4.46. The molecule has 0 bridgehead atoms. The van der Waals surface area contributed by atoms with Crippen LogP contribution >= 0.6 is 11.8 Å². The number of hydrogen-bond donors (Lipinski definition) is 1. The molecule has 1 aromatic rings. The Morgan fingerprint density at radius 1 is 1.53 bits per heavy atom. The Labute approximate surface area is 106 Å². The Hall–Kier alpha value is -1.16. The summed E-state index contributed by atoms with van der Waals surface area (Å²) in [6, 6.07) is 5.91. The highest BCUT2D eigenvalue weighted by atomic mass is 32.2. The first-order valence-electron chi connectivity index (χ1n) is 5.85. The number of nitrogen functional groups attached to an aromatic ring is 1. The number of aryl methyl sites for hydroxylation is 1. The van der Waals surface area contributed by atoms with Crippen LogP contribution in [-0.2, 0) is 0 Å². The van der Waals surface area contributed by atoms with Crippen molar-refractivity contribution in [3.05, 3.63) is 29.3 Å². The molecule has 1 amide bonds. The number of carbonyl (C=O) groups is 1. The van der Waals surface area contributed by atoms with Crippen LogP contribution in [0.4, 0.5) is 5.69 Å². The number of carbonyl (C=O) groups excluding carboxylic acids is 1. The van der Waals surface area contributed by atoms with Gasteiger partial charge in [0.25, 0.3) is 5.91 Å². The Bertz CT molecular complexity index is 413. The van der Waals surface area contributed by atoms with Gasteiger partial charge < -0.3 is 10.6 Å². The van der Waals surface area contributed by atoms with Crippen LogP contribution in [-0.4, -0.2) is 34.9 Å². The number of amides is 1. The van der Waals surface area contributed by atoms with Crippen LogP contribution in [0.1, 0.15) is 22.8 Å². The highest BCUT2D eigenvalue weighted by Gasteiger charge is 2.26. The van der Waals surface area contributed by atoms with E-state index < -0.39 is 0 Å². The molecule has 0 saturated carbocycles. The summed E-state index contributed by atoms with van der Waals surface area (Å²) in [6.07, 6.45) is 0. The molecule has 1 fully saturated rings. The molecule has 2 rings (SSSR count). The van der Waals surface area contributed by atoms with E-state index in [1.54, 1.807) is 6.07 Å². The minimum atomic E-state index is 0.0772. The van der Waals surface area contributed by atoms with Gasteiger partial charge in [0.1, 0.15) is 0 Å². The molecule has 17 heavy (non-hydrogen) atoms. The van der Waals surface area contributed by atoms with Gasteiger partial charge in [-0.2, -0.15) is 11.8 Å². The molecule has 0 radical (unpaired) electrons. The molecule has 0 aliphatic carbocycles. The molecule has 3 nitrogen and oxygen atoms in total. The quantitative estimate of drug-likeness (QED) is 0.777. The number of hydrogen-bond acceptors (Lipinski definition) is 3. The summed E-state index contributed by atoms with van der Waals surface area (Å²) >= 11 is 1.90. The first-order chi connectivity index (χ1) is 8.11. The Morgan fingerprint density at radius 2 is 2.29 bits per heavy atom. The third-order valence-electron chi connectivity index (χ3n) is 3.15. The second kappa shape index (κ2) is 5.00. The predicted molar refractivity (Wildman–Crippen MR) is 73.4 cm³/mol. The fraction of sp³-hybridized carbons (Fsp3) is 0.462. The normalized spacial score (nSPS) is 20.4. The fourth-order valence-electron chi connectivity index (χ4n) is 2.16. The van der Waals surface area contributed by atoms with E-state index >= 15 is 0 Å².